The van der Waals surface area contributed by atoms with E-state index in [4.69, 9.17) is 28.4 Å². The van der Waals surface area contributed by atoms with Crippen molar-refractivity contribution < 1.29 is 38.0 Å². The third-order valence-electron chi connectivity index (χ3n) is 10.3. The average Bonchev–Trinajstić information content (AvgIpc) is 3.11. The number of amides is 1. The van der Waals surface area contributed by atoms with Crippen LogP contribution in [-0.4, -0.2) is 70.2 Å². The van der Waals surface area contributed by atoms with Crippen LogP contribution in [0.1, 0.15) is 59.3 Å². The fourth-order valence-corrected chi connectivity index (χ4v) is 7.73. The fraction of sp³-hybridized carbons (Fsp3) is 0.366. The number of hydrogen-bond acceptors (Lipinski definition) is 10. The van der Waals surface area contributed by atoms with E-state index < -0.39 is 5.97 Å². The Hall–Kier alpha value is -5.26. The highest BCUT2D eigenvalue weighted by atomic mass is 16.6. The van der Waals surface area contributed by atoms with Crippen LogP contribution in [-0.2, 0) is 35.3 Å². The molecule has 2 atom stereocenters. The maximum atomic E-state index is 12.4. The number of esters is 1. The van der Waals surface area contributed by atoms with Crippen molar-refractivity contribution in [2.24, 2.45) is 0 Å². The SMILES string of the molecule is COc1cc2c3cc1Oc1c(OC)c(OC)cc4c1[C@H](Cc1ccc(cc1)Oc1cc(cc(NC(C)=O)c1OC(C)=O)C[C@H]3N(C)CC2)N(C)CC4. The van der Waals surface area contributed by atoms with Gasteiger partial charge in [-0.2, -0.15) is 0 Å². The summed E-state index contributed by atoms with van der Waals surface area (Å²) in [7, 11) is 9.19. The third-order valence-corrected chi connectivity index (χ3v) is 10.3. The molecule has 11 heteroatoms. The molecule has 1 amide bonds. The number of benzene rings is 4. The molecule has 8 rings (SSSR count). The van der Waals surface area contributed by atoms with Gasteiger partial charge in [0.05, 0.1) is 27.0 Å². The first kappa shape index (κ1) is 35.2. The Morgan fingerprint density at radius 2 is 1.40 bits per heavy atom. The van der Waals surface area contributed by atoms with Crippen LogP contribution in [0.5, 0.6) is 46.0 Å². The maximum absolute atomic E-state index is 12.4. The average molecular weight is 708 g/mol. The number of ether oxygens (including phenoxy) is 6. The Bertz CT molecular complexity index is 2030. The summed E-state index contributed by atoms with van der Waals surface area (Å²) in [5.41, 5.74) is 6.77. The lowest BCUT2D eigenvalue weighted by Crippen LogP contribution is -2.34. The second-order valence-electron chi connectivity index (χ2n) is 13.7. The van der Waals surface area contributed by atoms with E-state index in [1.165, 1.54) is 13.8 Å². The molecule has 0 fully saturated rings. The van der Waals surface area contributed by atoms with Gasteiger partial charge >= 0.3 is 5.97 Å². The molecule has 0 saturated carbocycles. The number of carbonyl (C=O) groups is 2. The van der Waals surface area contributed by atoms with Gasteiger partial charge in [0.1, 0.15) is 5.75 Å². The molecule has 0 saturated heterocycles. The molecule has 0 aromatic heterocycles. The Kier molecular flexibility index (Phi) is 9.73. The number of nitrogens with one attached hydrogen (secondary N) is 1. The van der Waals surface area contributed by atoms with E-state index in [0.717, 1.165) is 59.3 Å². The molecule has 11 nitrogen and oxygen atoms in total. The van der Waals surface area contributed by atoms with Gasteiger partial charge in [0.2, 0.25) is 11.7 Å². The molecule has 1 N–H and O–H groups in total. The smallest absolute Gasteiger partial charge is 0.308 e. The number of anilines is 1. The molecule has 4 heterocycles. The molecule has 0 radical (unpaired) electrons. The molecule has 0 aliphatic carbocycles. The minimum Gasteiger partial charge on any atom is -0.493 e. The molecule has 4 aromatic carbocycles. The highest BCUT2D eigenvalue weighted by Gasteiger charge is 2.35. The maximum Gasteiger partial charge on any atom is 0.308 e. The first-order valence-corrected chi connectivity index (χ1v) is 17.5. The van der Waals surface area contributed by atoms with Crippen molar-refractivity contribution in [2.45, 2.75) is 51.6 Å². The third kappa shape index (κ3) is 6.73. The Balaban J connectivity index is 1.47. The standard InChI is InChI=1S/C41H45N3O8/c1-23(45)42-31-16-26-18-32-30-22-35(34(47-5)20-27(30)12-14-43(32)3)52-41-38-28(21-36(48-6)40(41)49-7)13-15-44(4)33(38)17-25-8-10-29(11-9-25)51-37(19-26)39(31)50-24(2)46/h8-11,16,19-22,32-33H,12-15,17-18H2,1-7H3,(H,42,45)/t32-,33+/m1/s1. The van der Waals surface area contributed by atoms with E-state index in [9.17, 15) is 9.59 Å². The number of likely N-dealkylation sites (N-methyl/N-ethyl adjacent to an activating group) is 2. The van der Waals surface area contributed by atoms with Crippen LogP contribution in [0.25, 0.3) is 0 Å². The highest BCUT2D eigenvalue weighted by Crippen LogP contribution is 2.52. The molecule has 272 valence electrons. The van der Waals surface area contributed by atoms with Crippen LogP contribution < -0.4 is 33.7 Å². The van der Waals surface area contributed by atoms with Crippen molar-refractivity contribution in [3.05, 3.63) is 88.0 Å². The van der Waals surface area contributed by atoms with Gasteiger partial charge in [0.15, 0.2) is 34.5 Å². The van der Waals surface area contributed by atoms with Crippen molar-refractivity contribution in [1.82, 2.24) is 9.80 Å². The van der Waals surface area contributed by atoms with Gasteiger partial charge in [-0.25, -0.2) is 0 Å². The summed E-state index contributed by atoms with van der Waals surface area (Å²) in [5, 5.41) is 2.86. The number of methoxy groups -OCH3 is 3. The van der Waals surface area contributed by atoms with E-state index in [0.29, 0.717) is 58.8 Å². The summed E-state index contributed by atoms with van der Waals surface area (Å²) in [6, 6.07) is 17.7. The van der Waals surface area contributed by atoms with Crippen molar-refractivity contribution >= 4 is 17.6 Å². The predicted octanol–water partition coefficient (Wildman–Crippen LogP) is 7.04. The molecule has 4 aliphatic heterocycles. The van der Waals surface area contributed by atoms with Gasteiger partial charge in [-0.15, -0.1) is 0 Å². The normalized spacial score (nSPS) is 18.1. The monoisotopic (exact) mass is 707 g/mol. The van der Waals surface area contributed by atoms with E-state index >= 15 is 0 Å². The minimum absolute atomic E-state index is 0.0424. The zero-order valence-electron chi connectivity index (χ0n) is 30.8. The van der Waals surface area contributed by atoms with Crippen LogP contribution in [0.3, 0.4) is 0 Å². The van der Waals surface area contributed by atoms with Crippen molar-refractivity contribution in [2.75, 3.05) is 53.8 Å². The molecule has 6 bridgehead atoms. The summed E-state index contributed by atoms with van der Waals surface area (Å²) in [4.78, 5) is 29.4. The van der Waals surface area contributed by atoms with Crippen molar-refractivity contribution in [1.29, 1.82) is 0 Å². The molecule has 0 unspecified atom stereocenters. The topological polar surface area (TPSA) is 108 Å². The first-order valence-electron chi connectivity index (χ1n) is 17.5. The van der Waals surface area contributed by atoms with Gasteiger partial charge in [0.25, 0.3) is 0 Å². The van der Waals surface area contributed by atoms with Gasteiger partial charge in [-0.1, -0.05) is 12.1 Å². The number of rotatable bonds is 5. The molecule has 4 aromatic rings. The Morgan fingerprint density at radius 1 is 0.731 bits per heavy atom. The molecular weight excluding hydrogens is 662 g/mol. The van der Waals surface area contributed by atoms with Crippen LogP contribution in [0.2, 0.25) is 0 Å². The van der Waals surface area contributed by atoms with Crippen LogP contribution >= 0.6 is 0 Å². The molecule has 52 heavy (non-hydrogen) atoms. The quantitative estimate of drug-likeness (QED) is 0.172. The zero-order chi connectivity index (χ0) is 36.7. The summed E-state index contributed by atoms with van der Waals surface area (Å²) in [6.45, 7) is 4.43. The molecular formula is C41H45N3O8. The summed E-state index contributed by atoms with van der Waals surface area (Å²) in [5.74, 6) is 3.17. The summed E-state index contributed by atoms with van der Waals surface area (Å²) >= 11 is 0. The fourth-order valence-electron chi connectivity index (χ4n) is 7.73. The lowest BCUT2D eigenvalue weighted by atomic mass is 9.87. The van der Waals surface area contributed by atoms with Gasteiger partial charge < -0.3 is 33.7 Å². The van der Waals surface area contributed by atoms with E-state index in [2.05, 4.69) is 47.4 Å². The van der Waals surface area contributed by atoms with Crippen molar-refractivity contribution in [3.63, 3.8) is 0 Å². The largest absolute Gasteiger partial charge is 0.493 e. The molecule has 4 aliphatic rings. The van der Waals surface area contributed by atoms with E-state index in [1.54, 1.807) is 21.3 Å². The highest BCUT2D eigenvalue weighted by molar-refractivity contribution is 5.92. The second kappa shape index (κ2) is 14.4. The van der Waals surface area contributed by atoms with Gasteiger partial charge in [-0.05, 0) is 110 Å². The lowest BCUT2D eigenvalue weighted by molar-refractivity contribution is -0.132. The predicted molar refractivity (Wildman–Crippen MR) is 197 cm³/mol. The Labute approximate surface area is 304 Å². The lowest BCUT2D eigenvalue weighted by Gasteiger charge is -2.37. The zero-order valence-corrected chi connectivity index (χ0v) is 30.8. The van der Waals surface area contributed by atoms with Gasteiger partial charge in [0, 0.05) is 44.6 Å². The molecule has 0 spiro atoms. The van der Waals surface area contributed by atoms with Crippen LogP contribution in [0.4, 0.5) is 5.69 Å². The summed E-state index contributed by atoms with van der Waals surface area (Å²) < 4.78 is 37.1. The number of carbonyl (C=O) groups excluding carboxylic acids is 2. The number of nitrogens with zero attached hydrogens (tertiary/aromatic N) is 2. The minimum atomic E-state index is -0.526. The second-order valence-corrected chi connectivity index (χ2v) is 13.7. The number of hydrogen-bond donors (Lipinski definition) is 1. The van der Waals surface area contributed by atoms with Crippen molar-refractivity contribution in [3.8, 4) is 46.0 Å². The first-order chi connectivity index (χ1) is 25.1. The van der Waals surface area contributed by atoms with Gasteiger partial charge in [-0.3, -0.25) is 19.4 Å². The van der Waals surface area contributed by atoms with Crippen LogP contribution in [0, 0.1) is 0 Å². The van der Waals surface area contributed by atoms with Crippen LogP contribution in [0.15, 0.2) is 54.6 Å². The Morgan fingerprint density at radius 3 is 2.08 bits per heavy atom. The number of fused-ring (bicyclic) bond motifs is 2. The van der Waals surface area contributed by atoms with E-state index in [1.807, 2.05) is 36.4 Å². The van der Waals surface area contributed by atoms with E-state index in [-0.39, 0.29) is 23.7 Å². The summed E-state index contributed by atoms with van der Waals surface area (Å²) in [6.07, 6.45) is 2.89.